The minimum Gasteiger partial charge on any atom is -0.370 e. The Balaban J connectivity index is 2.61. The molecule has 1 aromatic rings. The predicted molar refractivity (Wildman–Crippen MR) is 67.4 cm³/mol. The molecule has 1 atom stereocenters. The van der Waals surface area contributed by atoms with Crippen molar-refractivity contribution < 1.29 is 17.9 Å². The molecule has 1 unspecified atom stereocenters. The summed E-state index contributed by atoms with van der Waals surface area (Å²) in [6.07, 6.45) is -2.38. The highest BCUT2D eigenvalue weighted by Gasteiger charge is 2.28. The number of hydrazine groups is 1. The first kappa shape index (κ1) is 15.9. The minimum absolute atomic E-state index is 0.119. The number of nitrogens with two attached hydrogens (primary N) is 1. The van der Waals surface area contributed by atoms with Gasteiger partial charge in [-0.3, -0.25) is 11.3 Å². The maximum Gasteiger partial charge on any atom is 0.411 e. The molecule has 0 aliphatic carbocycles. The number of rotatable bonds is 7. The molecule has 0 radical (unpaired) electrons. The molecule has 0 bridgehead atoms. The lowest BCUT2D eigenvalue weighted by Gasteiger charge is -2.18. The third-order valence-corrected chi connectivity index (χ3v) is 2.64. The van der Waals surface area contributed by atoms with Crippen LogP contribution in [0.3, 0.4) is 0 Å². The predicted octanol–water partition coefficient (Wildman–Crippen LogP) is 2.72. The Bertz CT molecular complexity index is 382. The largest absolute Gasteiger partial charge is 0.411 e. The molecule has 3 nitrogen and oxygen atoms in total. The van der Waals surface area contributed by atoms with Crippen LogP contribution in [0.25, 0.3) is 0 Å². The third kappa shape index (κ3) is 6.04. The Morgan fingerprint density at radius 3 is 2.68 bits per heavy atom. The third-order valence-electron chi connectivity index (χ3n) is 2.64. The number of alkyl halides is 3. The van der Waals surface area contributed by atoms with Gasteiger partial charge in [-0.05, 0) is 17.5 Å². The van der Waals surface area contributed by atoms with E-state index in [4.69, 9.17) is 5.84 Å². The molecule has 0 aromatic heterocycles. The summed E-state index contributed by atoms with van der Waals surface area (Å²) in [5, 5.41) is 0. The normalized spacial score (nSPS) is 13.5. The van der Waals surface area contributed by atoms with Crippen LogP contribution in [0.5, 0.6) is 0 Å². The zero-order chi connectivity index (χ0) is 14.3. The van der Waals surface area contributed by atoms with Crippen LogP contribution >= 0.6 is 0 Å². The van der Waals surface area contributed by atoms with E-state index in [2.05, 4.69) is 17.1 Å². The number of aryl methyl sites for hydroxylation is 1. The first-order chi connectivity index (χ1) is 8.96. The van der Waals surface area contributed by atoms with Gasteiger partial charge in [0.2, 0.25) is 0 Å². The van der Waals surface area contributed by atoms with Crippen molar-refractivity contribution in [3.8, 4) is 0 Å². The lowest BCUT2D eigenvalue weighted by molar-refractivity contribution is -0.175. The Kier molecular flexibility index (Phi) is 6.27. The van der Waals surface area contributed by atoms with Crippen molar-refractivity contribution >= 4 is 0 Å². The maximum absolute atomic E-state index is 12.0. The Morgan fingerprint density at radius 2 is 2.11 bits per heavy atom. The van der Waals surface area contributed by atoms with Crippen LogP contribution in [-0.2, 0) is 11.2 Å². The van der Waals surface area contributed by atoms with E-state index in [1.165, 1.54) is 0 Å². The van der Waals surface area contributed by atoms with E-state index in [1.54, 1.807) is 0 Å². The summed E-state index contributed by atoms with van der Waals surface area (Å²) >= 11 is 0. The lowest BCUT2D eigenvalue weighted by atomic mass is 10.0. The Labute approximate surface area is 110 Å². The van der Waals surface area contributed by atoms with Gasteiger partial charge in [-0.25, -0.2) is 0 Å². The van der Waals surface area contributed by atoms with Gasteiger partial charge in [0.25, 0.3) is 0 Å². The first-order valence-corrected chi connectivity index (χ1v) is 6.15. The summed E-state index contributed by atoms with van der Waals surface area (Å²) in [5.74, 6) is 5.37. The van der Waals surface area contributed by atoms with Crippen molar-refractivity contribution in [2.75, 3.05) is 13.2 Å². The zero-order valence-corrected chi connectivity index (χ0v) is 10.8. The second kappa shape index (κ2) is 7.47. The first-order valence-electron chi connectivity index (χ1n) is 6.15. The Hall–Kier alpha value is -1.11. The van der Waals surface area contributed by atoms with E-state index in [-0.39, 0.29) is 6.61 Å². The lowest BCUT2D eigenvalue weighted by Crippen LogP contribution is -2.32. The van der Waals surface area contributed by atoms with Crippen LogP contribution in [0.1, 0.15) is 30.5 Å². The van der Waals surface area contributed by atoms with E-state index < -0.39 is 18.8 Å². The van der Waals surface area contributed by atoms with E-state index >= 15 is 0 Å². The van der Waals surface area contributed by atoms with Crippen molar-refractivity contribution in [3.05, 3.63) is 35.4 Å². The van der Waals surface area contributed by atoms with Gasteiger partial charge in [0.05, 0.1) is 12.6 Å². The minimum atomic E-state index is -4.32. The smallest absolute Gasteiger partial charge is 0.370 e. The van der Waals surface area contributed by atoms with Crippen LogP contribution in [0, 0.1) is 0 Å². The quantitative estimate of drug-likeness (QED) is 0.594. The fourth-order valence-corrected chi connectivity index (χ4v) is 1.79. The molecule has 19 heavy (non-hydrogen) atoms. The second-order valence-corrected chi connectivity index (χ2v) is 4.34. The van der Waals surface area contributed by atoms with Gasteiger partial charge >= 0.3 is 6.18 Å². The number of halogens is 3. The summed E-state index contributed by atoms with van der Waals surface area (Å²) in [5.41, 5.74) is 4.45. The molecule has 0 amide bonds. The summed E-state index contributed by atoms with van der Waals surface area (Å²) in [7, 11) is 0. The average Bonchev–Trinajstić information content (AvgIpc) is 2.34. The number of hydrogen-bond acceptors (Lipinski definition) is 3. The van der Waals surface area contributed by atoms with Gasteiger partial charge in [0.1, 0.15) is 6.61 Å². The highest BCUT2D eigenvalue weighted by Crippen LogP contribution is 2.18. The van der Waals surface area contributed by atoms with Crippen LogP contribution in [0.2, 0.25) is 0 Å². The number of hydrogen-bond donors (Lipinski definition) is 2. The standard InChI is InChI=1S/C13H19F3N2O/c1-2-4-10-5-3-6-11(7-10)12(18-17)8-19-9-13(14,15)16/h3,5-7,12,18H,2,4,8-9,17H2,1H3. The fourth-order valence-electron chi connectivity index (χ4n) is 1.79. The molecule has 1 rings (SSSR count). The molecular weight excluding hydrogens is 257 g/mol. The molecule has 6 heteroatoms. The van der Waals surface area contributed by atoms with Crippen molar-refractivity contribution in [2.24, 2.45) is 5.84 Å². The second-order valence-electron chi connectivity index (χ2n) is 4.34. The van der Waals surface area contributed by atoms with Gasteiger partial charge in [-0.15, -0.1) is 0 Å². The van der Waals surface area contributed by atoms with Crippen molar-refractivity contribution in [2.45, 2.75) is 32.0 Å². The molecule has 0 heterocycles. The summed E-state index contributed by atoms with van der Waals surface area (Å²) in [4.78, 5) is 0. The monoisotopic (exact) mass is 276 g/mol. The van der Waals surface area contributed by atoms with E-state index in [0.29, 0.717) is 0 Å². The highest BCUT2D eigenvalue weighted by atomic mass is 19.4. The SMILES string of the molecule is CCCc1cccc(C(COCC(F)(F)F)NN)c1. The molecule has 0 aliphatic heterocycles. The molecule has 0 fully saturated rings. The number of ether oxygens (including phenoxy) is 1. The zero-order valence-electron chi connectivity index (χ0n) is 10.8. The van der Waals surface area contributed by atoms with Crippen molar-refractivity contribution in [1.29, 1.82) is 0 Å². The van der Waals surface area contributed by atoms with Gasteiger partial charge in [-0.1, -0.05) is 37.6 Å². The summed E-state index contributed by atoms with van der Waals surface area (Å²) < 4.78 is 40.6. The Morgan fingerprint density at radius 1 is 1.37 bits per heavy atom. The van der Waals surface area contributed by atoms with Crippen molar-refractivity contribution in [3.63, 3.8) is 0 Å². The van der Waals surface area contributed by atoms with Crippen LogP contribution in [0.15, 0.2) is 24.3 Å². The van der Waals surface area contributed by atoms with Crippen LogP contribution < -0.4 is 11.3 Å². The molecule has 0 saturated carbocycles. The molecule has 108 valence electrons. The van der Waals surface area contributed by atoms with Gasteiger partial charge in [-0.2, -0.15) is 13.2 Å². The van der Waals surface area contributed by atoms with Gasteiger partial charge < -0.3 is 4.74 Å². The molecule has 0 aliphatic rings. The summed E-state index contributed by atoms with van der Waals surface area (Å²) in [6, 6.07) is 7.16. The van der Waals surface area contributed by atoms with Gasteiger partial charge in [0, 0.05) is 0 Å². The average molecular weight is 276 g/mol. The topological polar surface area (TPSA) is 47.3 Å². The summed E-state index contributed by atoms with van der Waals surface area (Å²) in [6.45, 7) is 0.684. The van der Waals surface area contributed by atoms with Crippen LogP contribution in [0.4, 0.5) is 13.2 Å². The number of benzene rings is 1. The van der Waals surface area contributed by atoms with Crippen LogP contribution in [-0.4, -0.2) is 19.4 Å². The molecule has 3 N–H and O–H groups in total. The molecule has 0 spiro atoms. The maximum atomic E-state index is 12.0. The highest BCUT2D eigenvalue weighted by molar-refractivity contribution is 5.26. The molecular formula is C13H19F3N2O. The number of nitrogens with one attached hydrogen (secondary N) is 1. The van der Waals surface area contributed by atoms with Gasteiger partial charge in [0.15, 0.2) is 0 Å². The van der Waals surface area contributed by atoms with Crippen molar-refractivity contribution in [1.82, 2.24) is 5.43 Å². The van der Waals surface area contributed by atoms with E-state index in [9.17, 15) is 13.2 Å². The molecule has 1 aromatic carbocycles. The van der Waals surface area contributed by atoms with E-state index in [0.717, 1.165) is 24.0 Å². The fraction of sp³-hybridized carbons (Fsp3) is 0.538. The van der Waals surface area contributed by atoms with E-state index in [1.807, 2.05) is 24.3 Å². The molecule has 0 saturated heterocycles.